The fraction of sp³-hybridized carbons (Fsp3) is 0.333. The van der Waals surface area contributed by atoms with Crippen molar-refractivity contribution >= 4 is 21.8 Å². The number of carbonyl (C=O) groups is 1. The average Bonchev–Trinajstić information content (AvgIpc) is 2.82. The zero-order chi connectivity index (χ0) is 14.5. The maximum atomic E-state index is 12.1. The second-order valence-electron chi connectivity index (χ2n) is 4.64. The van der Waals surface area contributed by atoms with Gasteiger partial charge < -0.3 is 5.32 Å². The number of amides is 1. The standard InChI is InChI=1S/C15H18BrN3O/c1-3-4-9-17-15(20)14-10-18-19(11(14)2)13-7-5-12(16)6-8-13/h5-8,10H,3-4,9H2,1-2H3,(H,17,20). The molecule has 0 fully saturated rings. The Kier molecular flexibility index (Phi) is 4.95. The molecule has 0 spiro atoms. The molecule has 2 aromatic rings. The lowest BCUT2D eigenvalue weighted by molar-refractivity contribution is 0.0952. The largest absolute Gasteiger partial charge is 0.352 e. The van der Waals surface area contributed by atoms with E-state index in [0.29, 0.717) is 12.1 Å². The first-order valence-corrected chi connectivity index (χ1v) is 7.51. The van der Waals surface area contributed by atoms with E-state index in [1.165, 1.54) is 0 Å². The van der Waals surface area contributed by atoms with Gasteiger partial charge in [0, 0.05) is 11.0 Å². The molecule has 0 saturated heterocycles. The van der Waals surface area contributed by atoms with Gasteiger partial charge in [0.1, 0.15) is 0 Å². The Morgan fingerprint density at radius 3 is 2.70 bits per heavy atom. The van der Waals surface area contributed by atoms with Crippen molar-refractivity contribution in [2.45, 2.75) is 26.7 Å². The Morgan fingerprint density at radius 1 is 1.35 bits per heavy atom. The summed E-state index contributed by atoms with van der Waals surface area (Å²) < 4.78 is 2.80. The summed E-state index contributed by atoms with van der Waals surface area (Å²) in [6.45, 7) is 4.71. The van der Waals surface area contributed by atoms with Crippen LogP contribution in [0.2, 0.25) is 0 Å². The van der Waals surface area contributed by atoms with Gasteiger partial charge in [0.2, 0.25) is 0 Å². The lowest BCUT2D eigenvalue weighted by Gasteiger charge is -2.06. The topological polar surface area (TPSA) is 46.9 Å². The molecule has 20 heavy (non-hydrogen) atoms. The Bertz CT molecular complexity index is 590. The summed E-state index contributed by atoms with van der Waals surface area (Å²) in [5, 5.41) is 7.22. The van der Waals surface area contributed by atoms with Gasteiger partial charge >= 0.3 is 0 Å². The molecule has 0 saturated carbocycles. The second-order valence-corrected chi connectivity index (χ2v) is 5.56. The van der Waals surface area contributed by atoms with Crippen LogP contribution >= 0.6 is 15.9 Å². The molecule has 0 unspecified atom stereocenters. The normalized spacial score (nSPS) is 10.6. The Labute approximate surface area is 127 Å². The van der Waals surface area contributed by atoms with Gasteiger partial charge in [0.15, 0.2) is 0 Å². The van der Waals surface area contributed by atoms with E-state index in [0.717, 1.165) is 28.7 Å². The SMILES string of the molecule is CCCCNC(=O)c1cnn(-c2ccc(Br)cc2)c1C. The molecule has 1 aromatic heterocycles. The van der Waals surface area contributed by atoms with Crippen LogP contribution in [0.15, 0.2) is 34.9 Å². The number of halogens is 1. The van der Waals surface area contributed by atoms with Gasteiger partial charge in [-0.25, -0.2) is 4.68 Å². The molecule has 4 nitrogen and oxygen atoms in total. The van der Waals surface area contributed by atoms with Gasteiger partial charge in [-0.3, -0.25) is 4.79 Å². The summed E-state index contributed by atoms with van der Waals surface area (Å²) in [5.74, 6) is -0.0562. The molecular formula is C15H18BrN3O. The highest BCUT2D eigenvalue weighted by molar-refractivity contribution is 9.10. The van der Waals surface area contributed by atoms with Crippen LogP contribution in [0, 0.1) is 6.92 Å². The van der Waals surface area contributed by atoms with E-state index >= 15 is 0 Å². The molecule has 0 bridgehead atoms. The molecule has 2 rings (SSSR count). The van der Waals surface area contributed by atoms with E-state index in [-0.39, 0.29) is 5.91 Å². The quantitative estimate of drug-likeness (QED) is 0.850. The van der Waals surface area contributed by atoms with Crippen LogP contribution in [0.5, 0.6) is 0 Å². The summed E-state index contributed by atoms with van der Waals surface area (Å²) in [7, 11) is 0. The van der Waals surface area contributed by atoms with E-state index in [4.69, 9.17) is 0 Å². The van der Waals surface area contributed by atoms with Gasteiger partial charge in [0.25, 0.3) is 5.91 Å². The number of benzene rings is 1. The maximum Gasteiger partial charge on any atom is 0.254 e. The molecule has 0 aliphatic rings. The van der Waals surface area contributed by atoms with E-state index < -0.39 is 0 Å². The molecular weight excluding hydrogens is 318 g/mol. The highest BCUT2D eigenvalue weighted by Crippen LogP contribution is 2.17. The first-order valence-electron chi connectivity index (χ1n) is 6.72. The van der Waals surface area contributed by atoms with Gasteiger partial charge in [-0.05, 0) is 37.6 Å². The average molecular weight is 336 g/mol. The number of hydrogen-bond donors (Lipinski definition) is 1. The van der Waals surface area contributed by atoms with Crippen LogP contribution in [0.4, 0.5) is 0 Å². The van der Waals surface area contributed by atoms with E-state index in [1.54, 1.807) is 10.9 Å². The van der Waals surface area contributed by atoms with E-state index in [1.807, 2.05) is 31.2 Å². The lowest BCUT2D eigenvalue weighted by Crippen LogP contribution is -2.24. The smallest absolute Gasteiger partial charge is 0.254 e. The Balaban J connectivity index is 2.18. The van der Waals surface area contributed by atoms with Crippen molar-refractivity contribution in [3.05, 3.63) is 46.2 Å². The van der Waals surface area contributed by atoms with E-state index in [2.05, 4.69) is 33.3 Å². The fourth-order valence-electron chi connectivity index (χ4n) is 1.95. The predicted molar refractivity (Wildman–Crippen MR) is 83.2 cm³/mol. The minimum Gasteiger partial charge on any atom is -0.352 e. The Morgan fingerprint density at radius 2 is 2.05 bits per heavy atom. The summed E-state index contributed by atoms with van der Waals surface area (Å²) in [6, 6.07) is 7.83. The van der Waals surface area contributed by atoms with Crippen molar-refractivity contribution in [1.82, 2.24) is 15.1 Å². The highest BCUT2D eigenvalue weighted by Gasteiger charge is 2.14. The monoisotopic (exact) mass is 335 g/mol. The van der Waals surface area contributed by atoms with E-state index in [9.17, 15) is 4.79 Å². The number of nitrogens with one attached hydrogen (secondary N) is 1. The fourth-order valence-corrected chi connectivity index (χ4v) is 2.21. The zero-order valence-electron chi connectivity index (χ0n) is 11.7. The van der Waals surface area contributed by atoms with Gasteiger partial charge in [-0.1, -0.05) is 29.3 Å². The number of nitrogens with zero attached hydrogens (tertiary/aromatic N) is 2. The van der Waals surface area contributed by atoms with Crippen molar-refractivity contribution in [3.63, 3.8) is 0 Å². The first kappa shape index (κ1) is 14.8. The molecule has 0 aliphatic heterocycles. The van der Waals surface area contributed by atoms with Gasteiger partial charge in [0.05, 0.1) is 23.1 Å². The molecule has 1 N–H and O–H groups in total. The third-order valence-corrected chi connectivity index (χ3v) is 3.67. The summed E-state index contributed by atoms with van der Waals surface area (Å²) in [5.41, 5.74) is 2.42. The third-order valence-electron chi connectivity index (χ3n) is 3.14. The van der Waals surface area contributed by atoms with Crippen molar-refractivity contribution in [2.24, 2.45) is 0 Å². The minimum atomic E-state index is -0.0562. The van der Waals surface area contributed by atoms with Crippen molar-refractivity contribution < 1.29 is 4.79 Å². The number of rotatable bonds is 5. The second kappa shape index (κ2) is 6.70. The van der Waals surface area contributed by atoms with Crippen molar-refractivity contribution in [2.75, 3.05) is 6.54 Å². The molecule has 0 radical (unpaired) electrons. The van der Waals surface area contributed by atoms with Crippen LogP contribution in [-0.2, 0) is 0 Å². The van der Waals surface area contributed by atoms with Crippen LogP contribution in [0.25, 0.3) is 5.69 Å². The first-order chi connectivity index (χ1) is 9.63. The minimum absolute atomic E-state index is 0.0562. The Hall–Kier alpha value is -1.62. The van der Waals surface area contributed by atoms with Crippen molar-refractivity contribution in [1.29, 1.82) is 0 Å². The van der Waals surface area contributed by atoms with Crippen LogP contribution in [0.3, 0.4) is 0 Å². The third kappa shape index (κ3) is 3.28. The molecule has 1 heterocycles. The van der Waals surface area contributed by atoms with Crippen molar-refractivity contribution in [3.8, 4) is 5.69 Å². The number of carbonyl (C=O) groups excluding carboxylic acids is 1. The van der Waals surface area contributed by atoms with Crippen LogP contribution < -0.4 is 5.32 Å². The molecule has 0 aliphatic carbocycles. The molecule has 1 amide bonds. The molecule has 106 valence electrons. The lowest BCUT2D eigenvalue weighted by atomic mass is 10.2. The number of hydrogen-bond acceptors (Lipinski definition) is 2. The number of aromatic nitrogens is 2. The summed E-state index contributed by atoms with van der Waals surface area (Å²) in [4.78, 5) is 12.1. The molecule has 5 heteroatoms. The summed E-state index contributed by atoms with van der Waals surface area (Å²) >= 11 is 3.41. The zero-order valence-corrected chi connectivity index (χ0v) is 13.3. The van der Waals surface area contributed by atoms with Gasteiger partial charge in [-0.15, -0.1) is 0 Å². The number of unbranched alkanes of at least 4 members (excludes halogenated alkanes) is 1. The van der Waals surface area contributed by atoms with Gasteiger partial charge in [-0.2, -0.15) is 5.10 Å². The summed E-state index contributed by atoms with van der Waals surface area (Å²) in [6.07, 6.45) is 3.68. The van der Waals surface area contributed by atoms with Crippen LogP contribution in [-0.4, -0.2) is 22.2 Å². The molecule has 1 aromatic carbocycles. The maximum absolute atomic E-state index is 12.1. The predicted octanol–water partition coefficient (Wildman–Crippen LogP) is 3.47. The molecule has 0 atom stereocenters. The highest BCUT2D eigenvalue weighted by atomic mass is 79.9. The van der Waals surface area contributed by atoms with Crippen LogP contribution in [0.1, 0.15) is 35.8 Å².